The predicted octanol–water partition coefficient (Wildman–Crippen LogP) is 3.20. The van der Waals surface area contributed by atoms with Gasteiger partial charge in [0, 0.05) is 23.7 Å². The van der Waals surface area contributed by atoms with Crippen LogP contribution in [0.4, 0.5) is 0 Å². The highest BCUT2D eigenvalue weighted by Gasteiger charge is 2.15. The van der Waals surface area contributed by atoms with Crippen LogP contribution in [-0.4, -0.2) is 11.0 Å². The highest BCUT2D eigenvalue weighted by molar-refractivity contribution is 7.09. The van der Waals surface area contributed by atoms with Crippen LogP contribution in [0.1, 0.15) is 43.9 Å². The highest BCUT2D eigenvalue weighted by atomic mass is 32.1. The second-order valence-corrected chi connectivity index (χ2v) is 5.63. The fraction of sp³-hybridized carbons (Fsp3) is 0.750. The summed E-state index contributed by atoms with van der Waals surface area (Å²) in [5.41, 5.74) is 1.91. The van der Waals surface area contributed by atoms with Gasteiger partial charge in [-0.3, -0.25) is 4.98 Å². The summed E-state index contributed by atoms with van der Waals surface area (Å²) >= 11 is 1.74. The van der Waals surface area contributed by atoms with Crippen molar-refractivity contribution in [3.8, 4) is 0 Å². The molecule has 1 saturated carbocycles. The number of thiazole rings is 1. The van der Waals surface area contributed by atoms with Crippen LogP contribution < -0.4 is 5.32 Å². The second kappa shape index (κ2) is 5.61. The number of nitrogens with zero attached hydrogens (tertiary/aromatic N) is 1. The molecule has 1 aromatic rings. The lowest BCUT2D eigenvalue weighted by molar-refractivity contribution is 0.448. The van der Waals surface area contributed by atoms with Gasteiger partial charge in [-0.05, 0) is 25.2 Å². The van der Waals surface area contributed by atoms with E-state index in [9.17, 15) is 0 Å². The number of rotatable bonds is 3. The fourth-order valence-corrected chi connectivity index (χ4v) is 2.81. The molecule has 3 heteroatoms. The molecule has 1 N–H and O–H groups in total. The molecule has 0 bridgehead atoms. The van der Waals surface area contributed by atoms with E-state index in [1.807, 2.05) is 11.7 Å². The first-order valence-corrected chi connectivity index (χ1v) is 6.83. The third-order valence-electron chi connectivity index (χ3n) is 3.31. The molecule has 1 fully saturated rings. The summed E-state index contributed by atoms with van der Waals surface area (Å²) in [6.07, 6.45) is 8.86. The molecule has 0 spiro atoms. The molecule has 0 saturated heterocycles. The number of aromatic nitrogens is 1. The fourth-order valence-electron chi connectivity index (χ4n) is 2.27. The minimum atomic E-state index is 0.733. The Morgan fingerprint density at radius 1 is 1.40 bits per heavy atom. The molecule has 2 unspecified atom stereocenters. The average Bonchev–Trinajstić information content (AvgIpc) is 2.66. The second-order valence-electron chi connectivity index (χ2n) is 4.66. The molecule has 1 aromatic heterocycles. The first-order valence-electron chi connectivity index (χ1n) is 5.95. The smallest absolute Gasteiger partial charge is 0.0794 e. The molecule has 84 valence electrons. The van der Waals surface area contributed by atoms with Crippen LogP contribution in [0.3, 0.4) is 0 Å². The van der Waals surface area contributed by atoms with Gasteiger partial charge in [-0.2, -0.15) is 0 Å². The molecule has 15 heavy (non-hydrogen) atoms. The van der Waals surface area contributed by atoms with Crippen molar-refractivity contribution in [1.82, 2.24) is 10.3 Å². The molecule has 0 aromatic carbocycles. The Morgan fingerprint density at radius 2 is 2.33 bits per heavy atom. The zero-order valence-electron chi connectivity index (χ0n) is 9.41. The summed E-state index contributed by atoms with van der Waals surface area (Å²) in [5, 5.41) is 3.65. The van der Waals surface area contributed by atoms with E-state index < -0.39 is 0 Å². The lowest BCUT2D eigenvalue weighted by Crippen LogP contribution is -2.27. The van der Waals surface area contributed by atoms with Gasteiger partial charge in [-0.1, -0.05) is 19.8 Å². The Bertz CT molecular complexity index is 271. The monoisotopic (exact) mass is 224 g/mol. The molecule has 1 aliphatic rings. The van der Waals surface area contributed by atoms with Gasteiger partial charge in [0.2, 0.25) is 0 Å². The Labute approximate surface area is 96.1 Å². The Hall–Kier alpha value is -0.410. The largest absolute Gasteiger partial charge is 0.309 e. The molecular formula is C12H20N2S. The van der Waals surface area contributed by atoms with Crippen LogP contribution in [-0.2, 0) is 6.54 Å². The third-order valence-corrected chi connectivity index (χ3v) is 4.09. The third kappa shape index (κ3) is 3.58. The SMILES string of the molecule is CC1CCCC(NCc2cncs2)CC1. The van der Waals surface area contributed by atoms with E-state index in [0.717, 1.165) is 18.5 Å². The number of hydrogen-bond donors (Lipinski definition) is 1. The van der Waals surface area contributed by atoms with E-state index in [0.29, 0.717) is 0 Å². The molecule has 2 nitrogen and oxygen atoms in total. The molecule has 1 aliphatic carbocycles. The normalized spacial score (nSPS) is 27.5. The van der Waals surface area contributed by atoms with Crippen LogP contribution in [0.25, 0.3) is 0 Å². The summed E-state index contributed by atoms with van der Waals surface area (Å²) in [6.45, 7) is 3.38. The summed E-state index contributed by atoms with van der Waals surface area (Å²) in [6, 6.07) is 0.733. The Kier molecular flexibility index (Phi) is 4.15. The first-order chi connectivity index (χ1) is 7.34. The Balaban J connectivity index is 1.74. The van der Waals surface area contributed by atoms with Crippen molar-refractivity contribution in [3.63, 3.8) is 0 Å². The molecule has 2 rings (SSSR count). The maximum atomic E-state index is 4.10. The van der Waals surface area contributed by atoms with Gasteiger partial charge >= 0.3 is 0 Å². The maximum Gasteiger partial charge on any atom is 0.0794 e. The quantitative estimate of drug-likeness (QED) is 0.798. The topological polar surface area (TPSA) is 24.9 Å². The van der Waals surface area contributed by atoms with Crippen molar-refractivity contribution in [2.75, 3.05) is 0 Å². The van der Waals surface area contributed by atoms with Gasteiger partial charge in [-0.15, -0.1) is 11.3 Å². The maximum absolute atomic E-state index is 4.10. The predicted molar refractivity (Wildman–Crippen MR) is 65.0 cm³/mol. The standard InChI is InChI=1S/C12H20N2S/c1-10-3-2-4-11(6-5-10)14-8-12-7-13-9-15-12/h7,9-11,14H,2-6,8H2,1H3. The molecule has 0 aliphatic heterocycles. The number of nitrogens with one attached hydrogen (secondary N) is 1. The van der Waals surface area contributed by atoms with Crippen LogP contribution in [0.5, 0.6) is 0 Å². The van der Waals surface area contributed by atoms with E-state index in [1.165, 1.54) is 37.0 Å². The van der Waals surface area contributed by atoms with E-state index in [4.69, 9.17) is 0 Å². The van der Waals surface area contributed by atoms with Gasteiger partial charge in [-0.25, -0.2) is 0 Å². The first kappa shape index (κ1) is 11.1. The lowest BCUT2D eigenvalue weighted by atomic mass is 10.0. The Morgan fingerprint density at radius 3 is 3.13 bits per heavy atom. The van der Waals surface area contributed by atoms with Crippen LogP contribution in [0.15, 0.2) is 11.7 Å². The minimum Gasteiger partial charge on any atom is -0.309 e. The van der Waals surface area contributed by atoms with Crippen molar-refractivity contribution >= 4 is 11.3 Å². The minimum absolute atomic E-state index is 0.733. The van der Waals surface area contributed by atoms with E-state index in [2.05, 4.69) is 17.2 Å². The number of hydrogen-bond acceptors (Lipinski definition) is 3. The zero-order chi connectivity index (χ0) is 10.5. The van der Waals surface area contributed by atoms with Crippen LogP contribution in [0.2, 0.25) is 0 Å². The van der Waals surface area contributed by atoms with Crippen molar-refractivity contribution in [2.45, 2.75) is 51.6 Å². The molecule has 0 radical (unpaired) electrons. The van der Waals surface area contributed by atoms with E-state index in [-0.39, 0.29) is 0 Å². The van der Waals surface area contributed by atoms with Gasteiger partial charge < -0.3 is 5.32 Å². The summed E-state index contributed by atoms with van der Waals surface area (Å²) in [5.74, 6) is 0.931. The van der Waals surface area contributed by atoms with Crippen molar-refractivity contribution < 1.29 is 0 Å². The zero-order valence-corrected chi connectivity index (χ0v) is 10.2. The van der Waals surface area contributed by atoms with Gasteiger partial charge in [0.25, 0.3) is 0 Å². The van der Waals surface area contributed by atoms with Gasteiger partial charge in [0.1, 0.15) is 0 Å². The van der Waals surface area contributed by atoms with Crippen molar-refractivity contribution in [1.29, 1.82) is 0 Å². The van der Waals surface area contributed by atoms with Gasteiger partial charge in [0.15, 0.2) is 0 Å². The summed E-state index contributed by atoms with van der Waals surface area (Å²) < 4.78 is 0. The van der Waals surface area contributed by atoms with Gasteiger partial charge in [0.05, 0.1) is 5.51 Å². The highest BCUT2D eigenvalue weighted by Crippen LogP contribution is 2.22. The van der Waals surface area contributed by atoms with Crippen molar-refractivity contribution in [3.05, 3.63) is 16.6 Å². The lowest BCUT2D eigenvalue weighted by Gasteiger charge is -2.15. The van der Waals surface area contributed by atoms with E-state index >= 15 is 0 Å². The van der Waals surface area contributed by atoms with Crippen molar-refractivity contribution in [2.24, 2.45) is 5.92 Å². The molecule has 2 atom stereocenters. The average molecular weight is 224 g/mol. The van der Waals surface area contributed by atoms with Crippen LogP contribution in [0, 0.1) is 5.92 Å². The van der Waals surface area contributed by atoms with E-state index in [1.54, 1.807) is 11.3 Å². The molecular weight excluding hydrogens is 204 g/mol. The summed E-state index contributed by atoms with van der Waals surface area (Å²) in [4.78, 5) is 5.45. The molecule has 1 heterocycles. The molecule has 0 amide bonds. The summed E-state index contributed by atoms with van der Waals surface area (Å²) in [7, 11) is 0. The van der Waals surface area contributed by atoms with Crippen LogP contribution >= 0.6 is 11.3 Å².